The highest BCUT2D eigenvalue weighted by atomic mass is 16.8. The van der Waals surface area contributed by atoms with Crippen LogP contribution in [-0.4, -0.2) is 193 Å². The number of rotatable bonds is 47. The van der Waals surface area contributed by atoms with E-state index in [1.54, 1.807) is 0 Å². The van der Waals surface area contributed by atoms with Crippen molar-refractivity contribution < 1.29 is 89.4 Å². The Kier molecular flexibility index (Phi) is 45.4. The first-order valence-electron chi connectivity index (χ1n) is 33.1. The van der Waals surface area contributed by atoms with Gasteiger partial charge in [-0.05, 0) is 103 Å². The number of amides is 1. The molecule has 3 saturated heterocycles. The molecule has 90 heavy (non-hydrogen) atoms. The number of hydrogen-bond acceptors (Lipinski definition) is 18. The van der Waals surface area contributed by atoms with E-state index in [0.29, 0.717) is 19.3 Å². The first-order chi connectivity index (χ1) is 43.8. The molecule has 0 aliphatic carbocycles. The molecule has 0 aromatic rings. The molecule has 17 atom stereocenters. The molecule has 12 N–H and O–H groups in total. The summed E-state index contributed by atoms with van der Waals surface area (Å²) in [4.78, 5) is 13.3. The molecular weight excluding hydrogens is 1150 g/mol. The second kappa shape index (κ2) is 51.1. The van der Waals surface area contributed by atoms with Gasteiger partial charge in [0, 0.05) is 6.42 Å². The molecule has 3 aliphatic heterocycles. The Bertz CT molecular complexity index is 2200. The molecule has 19 heteroatoms. The first kappa shape index (κ1) is 79.9. The van der Waals surface area contributed by atoms with Crippen molar-refractivity contribution in [1.82, 2.24) is 5.32 Å². The fourth-order valence-electron chi connectivity index (χ4n) is 10.1. The fourth-order valence-corrected chi connectivity index (χ4v) is 10.1. The molecule has 3 rings (SSSR count). The van der Waals surface area contributed by atoms with Gasteiger partial charge in [0.1, 0.15) is 73.2 Å². The second-order valence-electron chi connectivity index (χ2n) is 22.8. The number of aliphatic hydroxyl groups excluding tert-OH is 11. The van der Waals surface area contributed by atoms with E-state index in [0.717, 1.165) is 122 Å². The van der Waals surface area contributed by atoms with Crippen molar-refractivity contribution in [3.63, 3.8) is 0 Å². The van der Waals surface area contributed by atoms with Crippen LogP contribution in [0.4, 0.5) is 0 Å². The molecule has 0 bridgehead atoms. The van der Waals surface area contributed by atoms with Crippen molar-refractivity contribution in [3.8, 4) is 0 Å². The summed E-state index contributed by atoms with van der Waals surface area (Å²) in [6.45, 7) is 1.52. The number of ether oxygens (including phenoxy) is 6. The quantitative estimate of drug-likeness (QED) is 0.0203. The van der Waals surface area contributed by atoms with E-state index in [1.807, 2.05) is 0 Å². The molecule has 0 aromatic carbocycles. The zero-order chi connectivity index (χ0) is 65.4. The molecule has 3 heterocycles. The van der Waals surface area contributed by atoms with Crippen molar-refractivity contribution in [1.29, 1.82) is 0 Å². The third-order valence-corrected chi connectivity index (χ3v) is 15.4. The Hall–Kier alpha value is -4.33. The highest BCUT2D eigenvalue weighted by molar-refractivity contribution is 5.76. The van der Waals surface area contributed by atoms with Crippen molar-refractivity contribution in [2.75, 3.05) is 26.4 Å². The van der Waals surface area contributed by atoms with Gasteiger partial charge in [-0.2, -0.15) is 0 Å². The van der Waals surface area contributed by atoms with E-state index in [9.17, 15) is 61.0 Å². The minimum atomic E-state index is -1.98. The Labute approximate surface area is 536 Å². The molecule has 19 nitrogen and oxygen atoms in total. The van der Waals surface area contributed by atoms with Crippen molar-refractivity contribution in [3.05, 3.63) is 146 Å². The Balaban J connectivity index is 1.32. The number of aliphatic hydroxyl groups is 11. The van der Waals surface area contributed by atoms with Crippen LogP contribution in [0.25, 0.3) is 0 Å². The van der Waals surface area contributed by atoms with Crippen LogP contribution < -0.4 is 5.32 Å². The van der Waals surface area contributed by atoms with Gasteiger partial charge in [0.15, 0.2) is 18.9 Å². The average Bonchev–Trinajstić information content (AvgIpc) is 1.11. The van der Waals surface area contributed by atoms with Gasteiger partial charge in [0.05, 0.1) is 38.6 Å². The summed E-state index contributed by atoms with van der Waals surface area (Å²) < 4.78 is 34.1. The van der Waals surface area contributed by atoms with Gasteiger partial charge < -0.3 is 89.9 Å². The van der Waals surface area contributed by atoms with Crippen LogP contribution in [0.1, 0.15) is 162 Å². The zero-order valence-electron chi connectivity index (χ0n) is 53.5. The van der Waals surface area contributed by atoms with Crippen LogP contribution in [-0.2, 0) is 33.2 Å². The highest BCUT2D eigenvalue weighted by Crippen LogP contribution is 2.33. The van der Waals surface area contributed by atoms with E-state index < -0.39 is 124 Å². The molecule has 3 fully saturated rings. The number of hydrogen-bond donors (Lipinski definition) is 12. The molecule has 17 unspecified atom stereocenters. The number of unbranched alkanes of at least 4 members (excludes halogenated alkanes) is 7. The van der Waals surface area contributed by atoms with E-state index in [2.05, 4.69) is 165 Å². The fraction of sp³-hybridized carbons (Fsp3) is 0.648. The van der Waals surface area contributed by atoms with E-state index in [-0.39, 0.29) is 18.9 Å². The van der Waals surface area contributed by atoms with Gasteiger partial charge in [0.2, 0.25) is 5.91 Å². The van der Waals surface area contributed by atoms with Gasteiger partial charge in [-0.25, -0.2) is 0 Å². The van der Waals surface area contributed by atoms with Gasteiger partial charge in [-0.3, -0.25) is 4.79 Å². The van der Waals surface area contributed by atoms with Gasteiger partial charge in [-0.1, -0.05) is 198 Å². The Morgan fingerprint density at radius 1 is 0.411 bits per heavy atom. The number of carbonyl (C=O) groups is 1. The van der Waals surface area contributed by atoms with Crippen molar-refractivity contribution in [2.45, 2.75) is 266 Å². The van der Waals surface area contributed by atoms with Crippen molar-refractivity contribution in [2.24, 2.45) is 0 Å². The number of allylic oxidation sites excluding steroid dienone is 24. The van der Waals surface area contributed by atoms with Crippen LogP contribution in [0.15, 0.2) is 146 Å². The SMILES string of the molecule is CC/C=C\C/C=C\C/C=C\C/C=C\C/C=C\C/C=C\C/C=C\C/C=C\C/C=C\C/C=C\C/C=C\C/C=C\CCCCC(=O)NC(COC1OC(CO)C(OC2OC(CO)C(OC3OC(CO)C(O)C(O)C3O)C(O)C2O)C(O)C1O)C(O)CCCCCCCC. The molecule has 0 spiro atoms. The second-order valence-corrected chi connectivity index (χ2v) is 22.8. The molecule has 3 aliphatic rings. The minimum absolute atomic E-state index is 0.199. The van der Waals surface area contributed by atoms with Crippen LogP contribution >= 0.6 is 0 Å². The number of carbonyl (C=O) groups excluding carboxylic acids is 1. The largest absolute Gasteiger partial charge is 0.394 e. The van der Waals surface area contributed by atoms with Crippen molar-refractivity contribution >= 4 is 5.91 Å². The molecule has 0 radical (unpaired) electrons. The summed E-state index contributed by atoms with van der Waals surface area (Å²) in [7, 11) is 0. The summed E-state index contributed by atoms with van der Waals surface area (Å²) in [5.41, 5.74) is 0. The Morgan fingerprint density at radius 2 is 0.767 bits per heavy atom. The highest BCUT2D eigenvalue weighted by Gasteiger charge is 2.53. The summed E-state index contributed by atoms with van der Waals surface area (Å²) in [6, 6.07) is -0.918. The third-order valence-electron chi connectivity index (χ3n) is 15.4. The monoisotopic (exact) mass is 1270 g/mol. The van der Waals surface area contributed by atoms with Gasteiger partial charge in [0.25, 0.3) is 0 Å². The summed E-state index contributed by atoms with van der Waals surface area (Å²) in [5, 5.41) is 120. The predicted octanol–water partition coefficient (Wildman–Crippen LogP) is 7.98. The molecule has 0 saturated carbocycles. The minimum Gasteiger partial charge on any atom is -0.394 e. The van der Waals surface area contributed by atoms with E-state index >= 15 is 0 Å². The van der Waals surface area contributed by atoms with Gasteiger partial charge in [-0.15, -0.1) is 0 Å². The lowest BCUT2D eigenvalue weighted by Gasteiger charge is -2.48. The normalized spacial score (nSPS) is 29.0. The van der Waals surface area contributed by atoms with Crippen LogP contribution in [0.5, 0.6) is 0 Å². The standard InChI is InChI=1S/C71H113NO18/c1-3-5-7-9-11-12-13-14-15-16-17-18-19-20-21-22-23-24-25-26-27-28-29-30-31-32-33-34-35-36-37-38-39-40-41-42-43-45-47-49-59(77)72-54(55(76)48-46-44-10-8-6-4-2)53-85-69-65(83)62(80)67(57(51-74)87-69)90-71-66(84)63(81)68(58(52-75)88-71)89-70-64(82)61(79)60(78)56(50-73)86-70/h5,7,11-12,14-15,17-18,20-21,23-24,26-27,29-30,32-33,35-36,38-39,41-42,54-58,60-71,73-76,78-84H,3-4,6,8-10,13,16,19,22,25,28,31,34,37,40,43-53H2,1-2H3,(H,72,77)/b7-5-,12-11-,15-14-,18-17-,21-20-,24-23-,27-26-,30-29-,33-32-,36-35-,39-38-,42-41-. The average molecular weight is 1270 g/mol. The molecule has 0 aromatic heterocycles. The zero-order valence-corrected chi connectivity index (χ0v) is 53.5. The predicted molar refractivity (Wildman–Crippen MR) is 350 cm³/mol. The molecular formula is C71H113NO18. The van der Waals surface area contributed by atoms with Gasteiger partial charge >= 0.3 is 0 Å². The third kappa shape index (κ3) is 33.0. The first-order valence-corrected chi connectivity index (χ1v) is 33.1. The van der Waals surface area contributed by atoms with E-state index in [1.165, 1.54) is 0 Å². The van der Waals surface area contributed by atoms with Crippen LogP contribution in [0.3, 0.4) is 0 Å². The maximum atomic E-state index is 13.3. The summed E-state index contributed by atoms with van der Waals surface area (Å²) in [5.74, 6) is -0.299. The smallest absolute Gasteiger partial charge is 0.220 e. The summed E-state index contributed by atoms with van der Waals surface area (Å²) in [6.07, 6.45) is 45.8. The lowest BCUT2D eigenvalue weighted by molar-refractivity contribution is -0.379. The lowest BCUT2D eigenvalue weighted by atomic mass is 9.96. The Morgan fingerprint density at radius 3 is 1.18 bits per heavy atom. The number of nitrogens with one attached hydrogen (secondary N) is 1. The lowest BCUT2D eigenvalue weighted by Crippen LogP contribution is -2.66. The molecule has 1 amide bonds. The van der Waals surface area contributed by atoms with Crippen LogP contribution in [0, 0.1) is 0 Å². The topological polar surface area (TPSA) is 307 Å². The van der Waals surface area contributed by atoms with E-state index in [4.69, 9.17) is 28.4 Å². The van der Waals surface area contributed by atoms with Crippen LogP contribution in [0.2, 0.25) is 0 Å². The maximum Gasteiger partial charge on any atom is 0.220 e. The molecule has 510 valence electrons. The summed E-state index contributed by atoms with van der Waals surface area (Å²) >= 11 is 0. The maximum absolute atomic E-state index is 13.3.